The van der Waals surface area contributed by atoms with Gasteiger partial charge in [-0.2, -0.15) is 0 Å². The second-order valence-electron chi connectivity index (χ2n) is 7.71. The highest BCUT2D eigenvalue weighted by Gasteiger charge is 2.32. The van der Waals surface area contributed by atoms with E-state index in [1.165, 1.54) is 12.1 Å². The van der Waals surface area contributed by atoms with Crippen LogP contribution in [0.15, 0.2) is 89.5 Å². The lowest BCUT2D eigenvalue weighted by molar-refractivity contribution is -0.132. The molecule has 5 rings (SSSR count). The molecule has 0 bridgehead atoms. The summed E-state index contributed by atoms with van der Waals surface area (Å²) in [7, 11) is 0. The van der Waals surface area contributed by atoms with Crippen molar-refractivity contribution in [3.8, 4) is 11.3 Å². The van der Waals surface area contributed by atoms with Crippen LogP contribution in [0.2, 0.25) is 0 Å². The first-order valence-corrected chi connectivity index (χ1v) is 10.3. The molecule has 4 aromatic rings. The molecule has 2 heterocycles. The smallest absolute Gasteiger partial charge is 0.234 e. The van der Waals surface area contributed by atoms with E-state index < -0.39 is 0 Å². The van der Waals surface area contributed by atoms with Gasteiger partial charge < -0.3 is 9.42 Å². The molecule has 1 aromatic heterocycles. The Morgan fingerprint density at radius 3 is 2.13 bits per heavy atom. The van der Waals surface area contributed by atoms with Gasteiger partial charge in [0.1, 0.15) is 5.82 Å². The number of fused-ring (bicyclic) bond motifs is 1. The summed E-state index contributed by atoms with van der Waals surface area (Å²) in [6, 6.07) is 25.9. The fourth-order valence-electron chi connectivity index (χ4n) is 4.18. The van der Waals surface area contributed by atoms with Gasteiger partial charge in [-0.05, 0) is 35.4 Å². The fraction of sp³-hybridized carbons (Fsp3) is 0.154. The number of rotatable bonds is 4. The Hall–Kier alpha value is -3.73. The van der Waals surface area contributed by atoms with Crippen molar-refractivity contribution >= 4 is 5.91 Å². The maximum absolute atomic E-state index is 13.7. The minimum absolute atomic E-state index is 0.0503. The minimum Gasteiger partial charge on any atom is -0.356 e. The van der Waals surface area contributed by atoms with E-state index in [4.69, 9.17) is 4.52 Å². The van der Waals surface area contributed by atoms with Crippen molar-refractivity contribution in [2.75, 3.05) is 6.54 Å². The third-order valence-electron chi connectivity index (χ3n) is 5.77. The third-order valence-corrected chi connectivity index (χ3v) is 5.77. The van der Waals surface area contributed by atoms with E-state index in [0.29, 0.717) is 25.3 Å². The summed E-state index contributed by atoms with van der Waals surface area (Å²) in [4.78, 5) is 15.6. The van der Waals surface area contributed by atoms with Crippen LogP contribution < -0.4 is 0 Å². The van der Waals surface area contributed by atoms with Gasteiger partial charge in [0.2, 0.25) is 5.91 Å². The molecule has 1 amide bonds. The first kappa shape index (κ1) is 19.2. The van der Waals surface area contributed by atoms with E-state index in [1.54, 1.807) is 12.1 Å². The van der Waals surface area contributed by atoms with Gasteiger partial charge in [0.05, 0.1) is 18.2 Å². The number of carbonyl (C=O) groups excluding carboxylic acids is 1. The van der Waals surface area contributed by atoms with Gasteiger partial charge in [-0.3, -0.25) is 4.79 Å². The number of hydrogen-bond donors (Lipinski definition) is 0. The lowest BCUT2D eigenvalue weighted by atomic mass is 9.89. The molecule has 154 valence electrons. The quantitative estimate of drug-likeness (QED) is 0.463. The van der Waals surface area contributed by atoms with Crippen LogP contribution >= 0.6 is 0 Å². The molecule has 0 unspecified atom stereocenters. The zero-order valence-corrected chi connectivity index (χ0v) is 16.9. The van der Waals surface area contributed by atoms with Gasteiger partial charge in [-0.15, -0.1) is 0 Å². The van der Waals surface area contributed by atoms with Gasteiger partial charge in [-0.1, -0.05) is 65.8 Å². The largest absolute Gasteiger partial charge is 0.356 e. The monoisotopic (exact) mass is 412 g/mol. The Labute approximate surface area is 179 Å². The molecule has 3 aromatic carbocycles. The number of hydrogen-bond acceptors (Lipinski definition) is 3. The number of nitrogens with zero attached hydrogens (tertiary/aromatic N) is 2. The van der Waals surface area contributed by atoms with E-state index >= 15 is 0 Å². The van der Waals surface area contributed by atoms with Crippen LogP contribution in [0.25, 0.3) is 11.3 Å². The second kappa shape index (κ2) is 8.19. The molecule has 1 aliphatic heterocycles. The molecule has 4 nitrogen and oxygen atoms in total. The highest BCUT2D eigenvalue weighted by atomic mass is 19.1. The number of halogens is 1. The summed E-state index contributed by atoms with van der Waals surface area (Å²) in [6.07, 6.45) is 0.627. The Morgan fingerprint density at radius 2 is 1.52 bits per heavy atom. The van der Waals surface area contributed by atoms with E-state index in [2.05, 4.69) is 5.16 Å². The highest BCUT2D eigenvalue weighted by Crippen LogP contribution is 2.33. The predicted molar refractivity (Wildman–Crippen MR) is 116 cm³/mol. The summed E-state index contributed by atoms with van der Waals surface area (Å²) in [5.41, 5.74) is 4.44. The summed E-state index contributed by atoms with van der Waals surface area (Å²) in [5, 5.41) is 4.20. The molecule has 5 heteroatoms. The summed E-state index contributed by atoms with van der Waals surface area (Å²) in [5.74, 6) is -0.0293. The van der Waals surface area contributed by atoms with Gasteiger partial charge in [0, 0.05) is 24.1 Å². The summed E-state index contributed by atoms with van der Waals surface area (Å²) < 4.78 is 18.9. The van der Waals surface area contributed by atoms with Crippen molar-refractivity contribution < 1.29 is 13.7 Å². The molecular formula is C26H21FN2O2. The van der Waals surface area contributed by atoms with Crippen molar-refractivity contribution in [1.82, 2.24) is 10.1 Å². The molecule has 0 saturated heterocycles. The van der Waals surface area contributed by atoms with Crippen molar-refractivity contribution in [3.05, 3.63) is 113 Å². The molecule has 0 aliphatic carbocycles. The third kappa shape index (κ3) is 3.75. The van der Waals surface area contributed by atoms with Crippen LogP contribution in [-0.4, -0.2) is 22.5 Å². The Balaban J connectivity index is 1.48. The van der Waals surface area contributed by atoms with Crippen molar-refractivity contribution in [2.24, 2.45) is 0 Å². The average Bonchev–Trinajstić information content (AvgIpc) is 3.24. The number of aromatic nitrogens is 1. The van der Waals surface area contributed by atoms with Crippen LogP contribution in [-0.2, 0) is 17.8 Å². The number of benzene rings is 3. The van der Waals surface area contributed by atoms with Crippen molar-refractivity contribution in [2.45, 2.75) is 18.9 Å². The van der Waals surface area contributed by atoms with E-state index in [9.17, 15) is 9.18 Å². The van der Waals surface area contributed by atoms with Crippen LogP contribution in [0.5, 0.6) is 0 Å². The first-order chi connectivity index (χ1) is 15.2. The average molecular weight is 412 g/mol. The lowest BCUT2D eigenvalue weighted by Crippen LogP contribution is -2.39. The molecule has 1 aliphatic rings. The van der Waals surface area contributed by atoms with Crippen LogP contribution in [0, 0.1) is 5.82 Å². The SMILES string of the molecule is O=C(C(c1ccccc1)c1ccccc1)N1CCc2noc(-c3ccc(F)cc3)c2C1. The molecule has 0 saturated carbocycles. The summed E-state index contributed by atoms with van der Waals surface area (Å²) in [6.45, 7) is 0.998. The molecule has 0 N–H and O–H groups in total. The normalized spacial score (nSPS) is 13.3. The van der Waals surface area contributed by atoms with E-state index in [-0.39, 0.29) is 17.6 Å². The predicted octanol–water partition coefficient (Wildman–Crippen LogP) is 5.20. The van der Waals surface area contributed by atoms with Crippen LogP contribution in [0.4, 0.5) is 4.39 Å². The Kier molecular flexibility index (Phi) is 5.08. The topological polar surface area (TPSA) is 46.3 Å². The molecule has 0 fully saturated rings. The van der Waals surface area contributed by atoms with Gasteiger partial charge >= 0.3 is 0 Å². The molecule has 31 heavy (non-hydrogen) atoms. The molecule has 0 spiro atoms. The first-order valence-electron chi connectivity index (χ1n) is 10.3. The maximum atomic E-state index is 13.7. The van der Waals surface area contributed by atoms with Crippen molar-refractivity contribution in [3.63, 3.8) is 0 Å². The zero-order chi connectivity index (χ0) is 21.2. The standard InChI is InChI=1S/C26H21FN2O2/c27-21-13-11-20(12-14-21)25-22-17-29(16-15-23(22)28-31-25)26(30)24(18-7-3-1-4-8-18)19-9-5-2-6-10-19/h1-14,24H,15-17H2. The Bertz CT molecular complexity index is 1150. The summed E-state index contributed by atoms with van der Waals surface area (Å²) >= 11 is 0. The van der Waals surface area contributed by atoms with E-state index in [1.807, 2.05) is 65.6 Å². The molecule has 0 radical (unpaired) electrons. The van der Waals surface area contributed by atoms with Gasteiger partial charge in [-0.25, -0.2) is 4.39 Å². The maximum Gasteiger partial charge on any atom is 0.234 e. The number of amides is 1. The lowest BCUT2D eigenvalue weighted by Gasteiger charge is -2.30. The Morgan fingerprint density at radius 1 is 0.903 bits per heavy atom. The fourth-order valence-corrected chi connectivity index (χ4v) is 4.18. The molecule has 0 atom stereocenters. The second-order valence-corrected chi connectivity index (χ2v) is 7.71. The van der Waals surface area contributed by atoms with Crippen molar-refractivity contribution in [1.29, 1.82) is 0 Å². The minimum atomic E-state index is -0.377. The molecular weight excluding hydrogens is 391 g/mol. The van der Waals surface area contributed by atoms with Crippen LogP contribution in [0.3, 0.4) is 0 Å². The van der Waals surface area contributed by atoms with Gasteiger partial charge in [0.15, 0.2) is 5.76 Å². The zero-order valence-electron chi connectivity index (χ0n) is 16.9. The van der Waals surface area contributed by atoms with Gasteiger partial charge in [0.25, 0.3) is 0 Å². The highest BCUT2D eigenvalue weighted by molar-refractivity contribution is 5.87. The number of carbonyl (C=O) groups is 1. The van der Waals surface area contributed by atoms with Crippen LogP contribution in [0.1, 0.15) is 28.3 Å². The van der Waals surface area contributed by atoms with E-state index in [0.717, 1.165) is 27.9 Å².